The first-order valence-electron chi connectivity index (χ1n) is 17.1. The van der Waals surface area contributed by atoms with Crippen molar-refractivity contribution in [3.63, 3.8) is 0 Å². The van der Waals surface area contributed by atoms with Crippen molar-refractivity contribution in [1.29, 1.82) is 5.26 Å². The molecule has 6 aromatic rings. The minimum Gasteiger partial charge on any atom is -0.478 e. The van der Waals surface area contributed by atoms with Crippen molar-refractivity contribution in [3.8, 4) is 29.0 Å². The fourth-order valence-electron chi connectivity index (χ4n) is 7.38. The number of pyridine rings is 2. The van der Waals surface area contributed by atoms with Crippen LogP contribution in [0.5, 0.6) is 0 Å². The maximum atomic E-state index is 14.3. The number of benzene rings is 1. The number of nitrogens with one attached hydrogen (secondary N) is 1. The Bertz CT molecular complexity index is 2620. The fourth-order valence-corrected chi connectivity index (χ4v) is 8.58. The van der Waals surface area contributed by atoms with Crippen LogP contribution in [0.2, 0.25) is 5.02 Å². The third-order valence-electron chi connectivity index (χ3n) is 10.2. The topological polar surface area (TPSA) is 141 Å². The number of rotatable bonds is 7. The molecule has 2 N–H and O–H groups in total. The van der Waals surface area contributed by atoms with E-state index in [-0.39, 0.29) is 47.9 Å². The molecule has 53 heavy (non-hydrogen) atoms. The number of carboxylic acid groups (broad SMARTS) is 1. The van der Waals surface area contributed by atoms with Gasteiger partial charge in [0.2, 0.25) is 0 Å². The Morgan fingerprint density at radius 1 is 1.17 bits per heavy atom. The molecule has 1 aliphatic heterocycles. The zero-order valence-corrected chi connectivity index (χ0v) is 29.9. The van der Waals surface area contributed by atoms with Crippen molar-refractivity contribution in [2.75, 3.05) is 25.0 Å². The second kappa shape index (κ2) is 13.5. The number of carbonyl (C=O) groups is 1. The molecule has 1 saturated carbocycles. The van der Waals surface area contributed by atoms with Gasteiger partial charge in [0.05, 0.1) is 45.1 Å². The minimum atomic E-state index is -2.54. The third-order valence-corrected chi connectivity index (χ3v) is 11.4. The zero-order valence-electron chi connectivity index (χ0n) is 28.4. The van der Waals surface area contributed by atoms with E-state index in [9.17, 15) is 28.7 Å². The van der Waals surface area contributed by atoms with Crippen LogP contribution in [-0.4, -0.2) is 71.7 Å². The van der Waals surface area contributed by atoms with Crippen LogP contribution in [0.25, 0.3) is 37.9 Å². The molecular weight excluding hydrogens is 722 g/mol. The number of likely N-dealkylation sites (tertiary alicyclic amines) is 1. The van der Waals surface area contributed by atoms with Crippen LogP contribution in [0.15, 0.2) is 52.9 Å². The molecule has 5 aromatic heterocycles. The number of aryl methyl sites for hydroxylation is 1. The summed E-state index contributed by atoms with van der Waals surface area (Å²) in [5.74, 6) is 3.28. The van der Waals surface area contributed by atoms with Gasteiger partial charge in [-0.2, -0.15) is 10.4 Å². The van der Waals surface area contributed by atoms with Gasteiger partial charge in [0, 0.05) is 64.8 Å². The first-order chi connectivity index (χ1) is 25.5. The van der Waals surface area contributed by atoms with E-state index in [0.717, 1.165) is 31.5 Å². The highest BCUT2D eigenvalue weighted by Crippen LogP contribution is 2.41. The first-order valence-corrected chi connectivity index (χ1v) is 18.3. The van der Waals surface area contributed by atoms with Gasteiger partial charge in [-0.1, -0.05) is 23.4 Å². The van der Waals surface area contributed by atoms with Crippen LogP contribution in [-0.2, 0) is 6.54 Å². The monoisotopic (exact) mass is 752 g/mol. The van der Waals surface area contributed by atoms with Gasteiger partial charge in [0.15, 0.2) is 0 Å². The number of halogens is 3. The maximum Gasteiger partial charge on any atom is 0.338 e. The van der Waals surface area contributed by atoms with Gasteiger partial charge in [-0.05, 0) is 63.0 Å². The summed E-state index contributed by atoms with van der Waals surface area (Å²) in [4.78, 5) is 37.0. The van der Waals surface area contributed by atoms with Gasteiger partial charge < -0.3 is 10.4 Å². The number of hydrogen-bond donors (Lipinski definition) is 2. The Morgan fingerprint density at radius 3 is 2.70 bits per heavy atom. The van der Waals surface area contributed by atoms with Crippen LogP contribution >= 0.6 is 22.9 Å². The first kappa shape index (κ1) is 34.7. The molecule has 0 amide bonds. The number of thiophene rings is 1. The lowest BCUT2D eigenvalue weighted by molar-refractivity contribution is -0.128. The van der Waals surface area contributed by atoms with E-state index >= 15 is 0 Å². The number of alkyl halides is 2. The normalized spacial score (nSPS) is 16.4. The molecule has 0 spiro atoms. The van der Waals surface area contributed by atoms with Crippen molar-refractivity contribution >= 4 is 61.5 Å². The molecule has 6 heterocycles. The molecule has 1 aromatic carbocycles. The predicted octanol–water partition coefficient (Wildman–Crippen LogP) is 6.83. The van der Waals surface area contributed by atoms with E-state index in [4.69, 9.17) is 11.6 Å². The average Bonchev–Trinajstić information content (AvgIpc) is 3.75. The zero-order chi connectivity index (χ0) is 37.0. The number of piperidine rings is 1. The quantitative estimate of drug-likeness (QED) is 0.168. The van der Waals surface area contributed by atoms with Crippen molar-refractivity contribution < 1.29 is 18.7 Å². The molecule has 2 aliphatic rings. The molecule has 0 bridgehead atoms. The molecule has 0 atom stereocenters. The van der Waals surface area contributed by atoms with E-state index in [1.54, 1.807) is 52.6 Å². The summed E-state index contributed by atoms with van der Waals surface area (Å²) in [6.07, 6.45) is 4.63. The average molecular weight is 753 g/mol. The Hall–Kier alpha value is -5.41. The Labute approximate surface area is 310 Å². The van der Waals surface area contributed by atoms with E-state index in [0.29, 0.717) is 55.6 Å². The standard InChI is InChI=1S/C38H31ClF2N8O3S/c1-21-13-31-48(10-2-3-23-4-5-24(39)14-27(23)26-6-9-43-33-29(37(51)52)20-53-34(26)33)36(50)32-28(17-42)35(45-19-30(32)49(31)46-21)44-18-22-7-11-47(12-8-22)25-15-38(40,41)16-25/h4-6,9,13-14,19-20,22,25H,7-8,10-12,15-16,18H2,1H3,(H,44,45)(H,51,52). The minimum absolute atomic E-state index is 0.0269. The van der Waals surface area contributed by atoms with Crippen molar-refractivity contribution in [2.45, 2.75) is 51.1 Å². The highest BCUT2D eigenvalue weighted by Gasteiger charge is 2.48. The Kier molecular flexibility index (Phi) is 8.85. The predicted molar refractivity (Wildman–Crippen MR) is 199 cm³/mol. The lowest BCUT2D eigenvalue weighted by Gasteiger charge is -2.45. The van der Waals surface area contributed by atoms with Crippen LogP contribution < -0.4 is 10.9 Å². The largest absolute Gasteiger partial charge is 0.478 e. The van der Waals surface area contributed by atoms with Crippen LogP contribution in [0.1, 0.15) is 52.9 Å². The number of nitriles is 1. The van der Waals surface area contributed by atoms with Crippen molar-refractivity contribution in [3.05, 3.63) is 85.9 Å². The maximum absolute atomic E-state index is 14.3. The van der Waals surface area contributed by atoms with Crippen molar-refractivity contribution in [2.24, 2.45) is 5.92 Å². The molecule has 15 heteroatoms. The number of fused-ring (bicyclic) bond motifs is 4. The molecule has 8 rings (SSSR count). The summed E-state index contributed by atoms with van der Waals surface area (Å²) in [5, 5.41) is 30.1. The molecule has 1 saturated heterocycles. The second-order valence-corrected chi connectivity index (χ2v) is 14.9. The van der Waals surface area contributed by atoms with Gasteiger partial charge in [0.1, 0.15) is 23.1 Å². The molecule has 268 valence electrons. The summed E-state index contributed by atoms with van der Waals surface area (Å²) < 4.78 is 30.6. The number of anilines is 1. The number of carboxylic acids is 1. The molecule has 0 unspecified atom stereocenters. The van der Waals surface area contributed by atoms with Crippen LogP contribution in [0.3, 0.4) is 0 Å². The summed E-state index contributed by atoms with van der Waals surface area (Å²) in [5.41, 5.74) is 3.77. The molecule has 11 nitrogen and oxygen atoms in total. The molecule has 2 fully saturated rings. The Morgan fingerprint density at radius 2 is 1.96 bits per heavy atom. The number of nitrogens with zero attached hydrogens (tertiary/aromatic N) is 7. The third kappa shape index (κ3) is 6.37. The smallest absolute Gasteiger partial charge is 0.338 e. The summed E-state index contributed by atoms with van der Waals surface area (Å²) in [7, 11) is 0. The molecule has 0 radical (unpaired) electrons. The molecule has 1 aliphatic carbocycles. The van der Waals surface area contributed by atoms with Gasteiger partial charge >= 0.3 is 5.97 Å². The summed E-state index contributed by atoms with van der Waals surface area (Å²) >= 11 is 7.69. The lowest BCUT2D eigenvalue weighted by atomic mass is 9.84. The number of hydrogen-bond acceptors (Lipinski definition) is 9. The van der Waals surface area contributed by atoms with Crippen LogP contribution in [0, 0.1) is 36.0 Å². The van der Waals surface area contributed by atoms with E-state index < -0.39 is 17.5 Å². The molecular formula is C38H31ClF2N8O3S. The summed E-state index contributed by atoms with van der Waals surface area (Å²) in [6, 6.07) is 11.0. The van der Waals surface area contributed by atoms with E-state index in [1.807, 2.05) is 6.92 Å². The summed E-state index contributed by atoms with van der Waals surface area (Å²) in [6.45, 7) is 3.80. The fraction of sp³-hybridized carbons (Fsp3) is 0.316. The van der Waals surface area contributed by atoms with Gasteiger partial charge in [-0.15, -0.1) is 11.3 Å². The van der Waals surface area contributed by atoms with E-state index in [2.05, 4.69) is 43.2 Å². The number of aromatic nitrogens is 5. The Balaban J connectivity index is 1.10. The van der Waals surface area contributed by atoms with Crippen LogP contribution in [0.4, 0.5) is 14.6 Å². The second-order valence-electron chi connectivity index (χ2n) is 13.6. The van der Waals surface area contributed by atoms with E-state index in [1.165, 1.54) is 15.9 Å². The lowest BCUT2D eigenvalue weighted by Crippen LogP contribution is -2.53. The van der Waals surface area contributed by atoms with Gasteiger partial charge in [0.25, 0.3) is 11.5 Å². The number of aromatic carboxylic acids is 1. The van der Waals surface area contributed by atoms with Gasteiger partial charge in [-0.25, -0.2) is 23.1 Å². The van der Waals surface area contributed by atoms with Crippen molar-refractivity contribution in [1.82, 2.24) is 29.0 Å². The highest BCUT2D eigenvalue weighted by atomic mass is 35.5. The van der Waals surface area contributed by atoms with Gasteiger partial charge in [-0.3, -0.25) is 19.2 Å². The SMILES string of the molecule is Cc1cc2n(CC#Cc3ccc(Cl)cc3-c3ccnc4c(C(=O)O)csc34)c(=O)c3c(C#N)c(NCC4CCN(C5CC(F)(F)C5)CC4)ncc3n2n1. The highest BCUT2D eigenvalue weighted by molar-refractivity contribution is 7.18.